The summed E-state index contributed by atoms with van der Waals surface area (Å²) in [4.78, 5) is 7.25. The smallest absolute Gasteiger partial charge is 0.0928 e. The first-order valence-corrected chi connectivity index (χ1v) is 8.01. The average Bonchev–Trinajstić information content (AvgIpc) is 2.77. The van der Waals surface area contributed by atoms with Gasteiger partial charge < -0.3 is 5.73 Å². The standard InChI is InChI=1S/C14H25N3S/c1-3-6-14-16-12(10-18-14)9-17-8-5-4-7-13(17)11(2)15/h10-11,13H,3-9,15H2,1-2H3. The SMILES string of the molecule is CCCc1nc(CN2CCCCC2C(C)N)cs1. The molecule has 0 aromatic carbocycles. The maximum Gasteiger partial charge on any atom is 0.0928 e. The van der Waals surface area contributed by atoms with Gasteiger partial charge in [0.2, 0.25) is 0 Å². The van der Waals surface area contributed by atoms with Crippen molar-refractivity contribution < 1.29 is 0 Å². The molecule has 3 nitrogen and oxygen atoms in total. The van der Waals surface area contributed by atoms with Gasteiger partial charge in [-0.1, -0.05) is 13.3 Å². The molecule has 0 aliphatic carbocycles. The molecule has 18 heavy (non-hydrogen) atoms. The van der Waals surface area contributed by atoms with Crippen LogP contribution in [0.4, 0.5) is 0 Å². The Morgan fingerprint density at radius 1 is 1.56 bits per heavy atom. The van der Waals surface area contributed by atoms with E-state index in [2.05, 4.69) is 24.1 Å². The number of likely N-dealkylation sites (tertiary alicyclic amines) is 1. The van der Waals surface area contributed by atoms with Crippen LogP contribution in [-0.2, 0) is 13.0 Å². The molecule has 2 rings (SSSR count). The fourth-order valence-corrected chi connectivity index (χ4v) is 3.66. The summed E-state index contributed by atoms with van der Waals surface area (Å²) >= 11 is 1.80. The number of thiazole rings is 1. The molecule has 2 heterocycles. The van der Waals surface area contributed by atoms with Gasteiger partial charge in [-0.3, -0.25) is 4.90 Å². The molecule has 1 aliphatic heterocycles. The molecular formula is C14H25N3S. The highest BCUT2D eigenvalue weighted by Crippen LogP contribution is 2.22. The molecule has 1 saturated heterocycles. The van der Waals surface area contributed by atoms with Crippen LogP contribution in [0.5, 0.6) is 0 Å². The number of nitrogens with zero attached hydrogens (tertiary/aromatic N) is 2. The quantitative estimate of drug-likeness (QED) is 0.892. The lowest BCUT2D eigenvalue weighted by atomic mass is 9.97. The van der Waals surface area contributed by atoms with E-state index >= 15 is 0 Å². The van der Waals surface area contributed by atoms with Gasteiger partial charge in [0.15, 0.2) is 0 Å². The summed E-state index contributed by atoms with van der Waals surface area (Å²) < 4.78 is 0. The van der Waals surface area contributed by atoms with Crippen molar-refractivity contribution in [2.45, 2.75) is 64.6 Å². The van der Waals surface area contributed by atoms with Crippen molar-refractivity contribution in [3.05, 3.63) is 16.1 Å². The van der Waals surface area contributed by atoms with Gasteiger partial charge in [0, 0.05) is 24.0 Å². The van der Waals surface area contributed by atoms with Gasteiger partial charge in [-0.15, -0.1) is 11.3 Å². The first-order chi connectivity index (χ1) is 8.70. The van der Waals surface area contributed by atoms with Crippen LogP contribution >= 0.6 is 11.3 Å². The van der Waals surface area contributed by atoms with E-state index in [0.29, 0.717) is 6.04 Å². The number of hydrogen-bond donors (Lipinski definition) is 1. The van der Waals surface area contributed by atoms with Gasteiger partial charge in [0.1, 0.15) is 0 Å². The highest BCUT2D eigenvalue weighted by atomic mass is 32.1. The van der Waals surface area contributed by atoms with Crippen LogP contribution in [0.15, 0.2) is 5.38 Å². The van der Waals surface area contributed by atoms with E-state index in [-0.39, 0.29) is 6.04 Å². The molecule has 102 valence electrons. The lowest BCUT2D eigenvalue weighted by Crippen LogP contribution is -2.48. The van der Waals surface area contributed by atoms with Crippen molar-refractivity contribution in [1.82, 2.24) is 9.88 Å². The fraction of sp³-hybridized carbons (Fsp3) is 0.786. The molecule has 1 aromatic heterocycles. The second-order valence-electron chi connectivity index (χ2n) is 5.38. The first kappa shape index (κ1) is 14.0. The average molecular weight is 267 g/mol. The topological polar surface area (TPSA) is 42.2 Å². The van der Waals surface area contributed by atoms with E-state index < -0.39 is 0 Å². The Bertz CT molecular complexity index is 362. The van der Waals surface area contributed by atoms with Gasteiger partial charge in [-0.25, -0.2) is 4.98 Å². The highest BCUT2D eigenvalue weighted by Gasteiger charge is 2.25. The lowest BCUT2D eigenvalue weighted by Gasteiger charge is -2.37. The normalized spacial score (nSPS) is 23.2. The summed E-state index contributed by atoms with van der Waals surface area (Å²) in [5.41, 5.74) is 7.34. The van der Waals surface area contributed by atoms with E-state index in [1.54, 1.807) is 11.3 Å². The number of hydrogen-bond acceptors (Lipinski definition) is 4. The largest absolute Gasteiger partial charge is 0.327 e. The summed E-state index contributed by atoms with van der Waals surface area (Å²) in [5.74, 6) is 0. The summed E-state index contributed by atoms with van der Waals surface area (Å²) in [6.07, 6.45) is 6.15. The molecule has 4 heteroatoms. The van der Waals surface area contributed by atoms with Crippen molar-refractivity contribution in [2.24, 2.45) is 5.73 Å². The minimum absolute atomic E-state index is 0.263. The molecule has 1 aromatic rings. The Kier molecular flexibility index (Phi) is 5.15. The zero-order valence-electron chi connectivity index (χ0n) is 11.6. The third kappa shape index (κ3) is 3.53. The molecular weight excluding hydrogens is 242 g/mol. The van der Waals surface area contributed by atoms with Crippen molar-refractivity contribution in [3.63, 3.8) is 0 Å². The highest BCUT2D eigenvalue weighted by molar-refractivity contribution is 7.09. The monoisotopic (exact) mass is 267 g/mol. The molecule has 1 aliphatic rings. The molecule has 0 spiro atoms. The Hall–Kier alpha value is -0.450. The van der Waals surface area contributed by atoms with E-state index in [4.69, 9.17) is 10.7 Å². The molecule has 2 N–H and O–H groups in total. The van der Waals surface area contributed by atoms with E-state index in [0.717, 1.165) is 13.0 Å². The number of aromatic nitrogens is 1. The molecule has 2 unspecified atom stereocenters. The van der Waals surface area contributed by atoms with Gasteiger partial charge in [0.05, 0.1) is 10.7 Å². The summed E-state index contributed by atoms with van der Waals surface area (Å²) in [5, 5.41) is 3.50. The molecule has 0 amide bonds. The number of piperidine rings is 1. The van der Waals surface area contributed by atoms with E-state index in [1.807, 2.05) is 0 Å². The predicted octanol–water partition coefficient (Wildman–Crippen LogP) is 2.80. The van der Waals surface area contributed by atoms with Crippen LogP contribution in [-0.4, -0.2) is 28.5 Å². The maximum atomic E-state index is 6.10. The van der Waals surface area contributed by atoms with Crippen molar-refractivity contribution in [3.8, 4) is 0 Å². The van der Waals surface area contributed by atoms with Gasteiger partial charge >= 0.3 is 0 Å². The van der Waals surface area contributed by atoms with Crippen LogP contribution in [0.1, 0.15) is 50.2 Å². The minimum atomic E-state index is 0.263. The minimum Gasteiger partial charge on any atom is -0.327 e. The van der Waals surface area contributed by atoms with Gasteiger partial charge in [0.25, 0.3) is 0 Å². The van der Waals surface area contributed by atoms with Crippen LogP contribution in [0.2, 0.25) is 0 Å². The van der Waals surface area contributed by atoms with Gasteiger partial charge in [-0.2, -0.15) is 0 Å². The zero-order chi connectivity index (χ0) is 13.0. The number of aryl methyl sites for hydroxylation is 1. The first-order valence-electron chi connectivity index (χ1n) is 7.13. The van der Waals surface area contributed by atoms with Crippen LogP contribution in [0.25, 0.3) is 0 Å². The van der Waals surface area contributed by atoms with Crippen molar-refractivity contribution in [1.29, 1.82) is 0 Å². The predicted molar refractivity (Wildman–Crippen MR) is 77.8 cm³/mol. The maximum absolute atomic E-state index is 6.10. The van der Waals surface area contributed by atoms with E-state index in [1.165, 1.54) is 42.9 Å². The second-order valence-corrected chi connectivity index (χ2v) is 6.32. The Morgan fingerprint density at radius 2 is 2.39 bits per heavy atom. The third-order valence-corrected chi connectivity index (χ3v) is 4.66. The second kappa shape index (κ2) is 6.64. The fourth-order valence-electron chi connectivity index (χ4n) is 2.77. The molecule has 0 bridgehead atoms. The van der Waals surface area contributed by atoms with Crippen LogP contribution in [0.3, 0.4) is 0 Å². The molecule has 1 fully saturated rings. The summed E-state index contributed by atoms with van der Waals surface area (Å²) in [6.45, 7) is 6.49. The van der Waals surface area contributed by atoms with Gasteiger partial charge in [-0.05, 0) is 39.2 Å². The van der Waals surface area contributed by atoms with E-state index in [9.17, 15) is 0 Å². The molecule has 0 radical (unpaired) electrons. The Balaban J connectivity index is 1.97. The summed E-state index contributed by atoms with van der Waals surface area (Å²) in [6, 6.07) is 0.800. The summed E-state index contributed by atoms with van der Waals surface area (Å²) in [7, 11) is 0. The third-order valence-electron chi connectivity index (χ3n) is 3.70. The molecule has 2 atom stereocenters. The number of rotatable bonds is 5. The molecule has 0 saturated carbocycles. The Labute approximate surface area is 114 Å². The lowest BCUT2D eigenvalue weighted by molar-refractivity contribution is 0.121. The Morgan fingerprint density at radius 3 is 3.11 bits per heavy atom. The zero-order valence-corrected chi connectivity index (χ0v) is 12.4. The van der Waals surface area contributed by atoms with Crippen molar-refractivity contribution >= 4 is 11.3 Å². The van der Waals surface area contributed by atoms with Crippen LogP contribution in [0, 0.1) is 0 Å². The van der Waals surface area contributed by atoms with Crippen LogP contribution < -0.4 is 5.73 Å². The van der Waals surface area contributed by atoms with Crippen molar-refractivity contribution in [2.75, 3.05) is 6.54 Å². The number of nitrogens with two attached hydrogens (primary N) is 1.